The van der Waals surface area contributed by atoms with Crippen molar-refractivity contribution < 1.29 is 14.7 Å². The zero-order chi connectivity index (χ0) is 14.8. The van der Waals surface area contributed by atoms with Crippen LogP contribution in [0.1, 0.15) is 31.2 Å². The molecule has 0 spiro atoms. The summed E-state index contributed by atoms with van der Waals surface area (Å²) in [6, 6.07) is 6.55. The zero-order valence-corrected chi connectivity index (χ0v) is 12.0. The van der Waals surface area contributed by atoms with Crippen LogP contribution in [0.2, 0.25) is 0 Å². The fraction of sp³-hybridized carbons (Fsp3) is 0.500. The average molecular weight is 288 g/mol. The van der Waals surface area contributed by atoms with Gasteiger partial charge < -0.3 is 10.0 Å². The molecular weight excluding hydrogens is 268 g/mol. The minimum absolute atomic E-state index is 0.158. The summed E-state index contributed by atoms with van der Waals surface area (Å²) >= 11 is 0. The van der Waals surface area contributed by atoms with Crippen molar-refractivity contribution >= 4 is 17.7 Å². The molecule has 0 bridgehead atoms. The van der Waals surface area contributed by atoms with E-state index in [4.69, 9.17) is 0 Å². The molecule has 0 aliphatic carbocycles. The quantitative estimate of drug-likeness (QED) is 0.863. The first kappa shape index (κ1) is 13.9. The molecule has 2 aliphatic heterocycles. The van der Waals surface area contributed by atoms with Crippen molar-refractivity contribution in [1.29, 1.82) is 0 Å². The zero-order valence-electron chi connectivity index (χ0n) is 12.0. The van der Waals surface area contributed by atoms with Crippen molar-refractivity contribution in [2.24, 2.45) is 0 Å². The second-order valence-electron chi connectivity index (χ2n) is 5.74. The van der Waals surface area contributed by atoms with Gasteiger partial charge in [-0.25, -0.2) is 9.59 Å². The van der Waals surface area contributed by atoms with Gasteiger partial charge >= 0.3 is 12.0 Å². The van der Waals surface area contributed by atoms with Crippen LogP contribution in [-0.2, 0) is 11.2 Å². The van der Waals surface area contributed by atoms with Gasteiger partial charge in [0.05, 0.1) is 0 Å². The first-order chi connectivity index (χ1) is 10.2. The van der Waals surface area contributed by atoms with Gasteiger partial charge in [0.1, 0.15) is 6.04 Å². The number of hydrogen-bond donors (Lipinski definition) is 1. The number of benzene rings is 1. The number of aliphatic carboxylic acids is 1. The highest BCUT2D eigenvalue weighted by molar-refractivity contribution is 6.01. The first-order valence-corrected chi connectivity index (χ1v) is 7.57. The predicted octanol–water partition coefficient (Wildman–Crippen LogP) is 2.50. The highest BCUT2D eigenvalue weighted by atomic mass is 16.4. The van der Waals surface area contributed by atoms with Crippen LogP contribution < -0.4 is 4.90 Å². The second kappa shape index (κ2) is 5.76. The van der Waals surface area contributed by atoms with Crippen LogP contribution in [0.25, 0.3) is 0 Å². The van der Waals surface area contributed by atoms with E-state index in [2.05, 4.69) is 0 Å². The summed E-state index contributed by atoms with van der Waals surface area (Å²) in [6.07, 6.45) is 4.68. The Morgan fingerprint density at radius 3 is 2.38 bits per heavy atom. The van der Waals surface area contributed by atoms with Crippen LogP contribution in [0.15, 0.2) is 24.3 Å². The molecule has 3 rings (SSSR count). The van der Waals surface area contributed by atoms with E-state index in [0.29, 0.717) is 6.42 Å². The topological polar surface area (TPSA) is 60.9 Å². The van der Waals surface area contributed by atoms with E-state index >= 15 is 0 Å². The molecule has 1 atom stereocenters. The number of nitrogens with zero attached hydrogens (tertiary/aromatic N) is 2. The van der Waals surface area contributed by atoms with Crippen LogP contribution in [0, 0.1) is 0 Å². The number of carbonyl (C=O) groups is 2. The number of rotatable bonds is 1. The molecule has 0 radical (unpaired) electrons. The van der Waals surface area contributed by atoms with Crippen molar-refractivity contribution in [3.63, 3.8) is 0 Å². The standard InChI is InChI=1S/C16H20N2O3/c19-15(20)14-11-12-7-3-4-8-13(12)18(14)16(21)17-9-5-1-2-6-10-17/h3-4,7-8,14H,1-2,5-6,9-11H2,(H,19,20)/t14-/m0/s1. The Morgan fingerprint density at radius 2 is 1.71 bits per heavy atom. The number of para-hydroxylation sites is 1. The Labute approximate surface area is 124 Å². The molecule has 1 aromatic carbocycles. The highest BCUT2D eigenvalue weighted by Gasteiger charge is 2.40. The minimum atomic E-state index is -0.936. The largest absolute Gasteiger partial charge is 0.480 e. The smallest absolute Gasteiger partial charge is 0.327 e. The van der Waals surface area contributed by atoms with Crippen molar-refractivity contribution in [3.8, 4) is 0 Å². The number of anilines is 1. The number of hydrogen-bond acceptors (Lipinski definition) is 2. The number of carboxylic acids is 1. The summed E-state index contributed by atoms with van der Waals surface area (Å²) in [5.74, 6) is -0.936. The molecule has 0 aromatic heterocycles. The summed E-state index contributed by atoms with van der Waals surface area (Å²) in [6.45, 7) is 1.45. The van der Waals surface area contributed by atoms with E-state index in [0.717, 1.165) is 50.0 Å². The van der Waals surface area contributed by atoms with Gasteiger partial charge in [0.25, 0.3) is 0 Å². The normalized spacial score (nSPS) is 21.8. The average Bonchev–Trinajstić information content (AvgIpc) is 2.67. The second-order valence-corrected chi connectivity index (χ2v) is 5.74. The fourth-order valence-electron chi connectivity index (χ4n) is 3.23. The van der Waals surface area contributed by atoms with Crippen LogP contribution in [0.5, 0.6) is 0 Å². The maximum atomic E-state index is 12.8. The van der Waals surface area contributed by atoms with Crippen LogP contribution >= 0.6 is 0 Å². The number of carboxylic acid groups (broad SMARTS) is 1. The van der Waals surface area contributed by atoms with Crippen molar-refractivity contribution in [2.45, 2.75) is 38.1 Å². The van der Waals surface area contributed by atoms with E-state index in [1.165, 1.54) is 4.90 Å². The summed E-state index contributed by atoms with van der Waals surface area (Å²) in [7, 11) is 0. The molecule has 0 unspecified atom stereocenters. The Hall–Kier alpha value is -2.04. The van der Waals surface area contributed by atoms with E-state index in [1.807, 2.05) is 29.2 Å². The lowest BCUT2D eigenvalue weighted by Gasteiger charge is -2.30. The Morgan fingerprint density at radius 1 is 1.05 bits per heavy atom. The lowest BCUT2D eigenvalue weighted by molar-refractivity contribution is -0.138. The lowest BCUT2D eigenvalue weighted by atomic mass is 10.1. The summed E-state index contributed by atoms with van der Waals surface area (Å²) in [5, 5.41) is 9.45. The molecule has 112 valence electrons. The molecule has 2 aliphatic rings. The third-order valence-corrected chi connectivity index (χ3v) is 4.34. The minimum Gasteiger partial charge on any atom is -0.480 e. The summed E-state index contributed by atoms with van der Waals surface area (Å²) in [5.41, 5.74) is 1.69. The molecule has 21 heavy (non-hydrogen) atoms. The van der Waals surface area contributed by atoms with Gasteiger partial charge in [-0.05, 0) is 24.5 Å². The van der Waals surface area contributed by atoms with Crippen molar-refractivity contribution in [2.75, 3.05) is 18.0 Å². The number of amides is 2. The summed E-state index contributed by atoms with van der Waals surface area (Å²) < 4.78 is 0. The fourth-order valence-corrected chi connectivity index (χ4v) is 3.23. The van der Waals surface area contributed by atoms with Crippen LogP contribution in [0.3, 0.4) is 0 Å². The van der Waals surface area contributed by atoms with Gasteiger partial charge in [-0.15, -0.1) is 0 Å². The Bertz CT molecular complexity index is 550. The predicted molar refractivity (Wildman–Crippen MR) is 79.5 cm³/mol. The molecule has 2 amide bonds. The van der Waals surface area contributed by atoms with Crippen molar-refractivity contribution in [3.05, 3.63) is 29.8 Å². The molecular formula is C16H20N2O3. The molecule has 5 nitrogen and oxygen atoms in total. The van der Waals surface area contributed by atoms with Crippen LogP contribution in [-0.4, -0.2) is 41.1 Å². The van der Waals surface area contributed by atoms with Crippen LogP contribution in [0.4, 0.5) is 10.5 Å². The molecule has 5 heteroatoms. The monoisotopic (exact) mass is 288 g/mol. The maximum Gasteiger partial charge on any atom is 0.327 e. The number of carbonyl (C=O) groups excluding carboxylic acids is 1. The molecule has 2 heterocycles. The number of urea groups is 1. The molecule has 1 N–H and O–H groups in total. The molecule has 1 fully saturated rings. The van der Waals surface area contributed by atoms with E-state index in [9.17, 15) is 14.7 Å². The van der Waals surface area contributed by atoms with Gasteiger partial charge in [0.2, 0.25) is 0 Å². The van der Waals surface area contributed by atoms with Gasteiger partial charge in [-0.3, -0.25) is 4.90 Å². The summed E-state index contributed by atoms with van der Waals surface area (Å²) in [4.78, 5) is 27.6. The van der Waals surface area contributed by atoms with E-state index in [1.54, 1.807) is 0 Å². The molecule has 1 saturated heterocycles. The van der Waals surface area contributed by atoms with Crippen molar-refractivity contribution in [1.82, 2.24) is 4.90 Å². The maximum absolute atomic E-state index is 12.8. The lowest BCUT2D eigenvalue weighted by Crippen LogP contribution is -2.50. The molecule has 1 aromatic rings. The van der Waals surface area contributed by atoms with E-state index < -0.39 is 12.0 Å². The van der Waals surface area contributed by atoms with E-state index in [-0.39, 0.29) is 6.03 Å². The first-order valence-electron chi connectivity index (χ1n) is 7.57. The Balaban J connectivity index is 1.89. The van der Waals surface area contributed by atoms with Gasteiger partial charge in [-0.2, -0.15) is 0 Å². The highest BCUT2D eigenvalue weighted by Crippen LogP contribution is 2.33. The van der Waals surface area contributed by atoms with Gasteiger partial charge in [0.15, 0.2) is 0 Å². The number of likely N-dealkylation sites (tertiary alicyclic amines) is 1. The third kappa shape index (κ3) is 2.60. The SMILES string of the molecule is O=C(O)[C@@H]1Cc2ccccc2N1C(=O)N1CCCCCC1. The molecule has 0 saturated carbocycles. The van der Waals surface area contributed by atoms with Gasteiger partial charge in [-0.1, -0.05) is 31.0 Å². The number of fused-ring (bicyclic) bond motifs is 1. The van der Waals surface area contributed by atoms with Gasteiger partial charge in [0, 0.05) is 25.2 Å². The third-order valence-electron chi connectivity index (χ3n) is 4.34. The Kier molecular flexibility index (Phi) is 3.82.